The number of halogens is 1. The SMILES string of the molecule is NCCN1Cc2cc(Br)ccc2N=C1N. The van der Waals surface area contributed by atoms with E-state index in [1.54, 1.807) is 0 Å². The van der Waals surface area contributed by atoms with Crippen molar-refractivity contribution in [2.75, 3.05) is 13.1 Å². The molecular weight excluding hydrogens is 256 g/mol. The number of benzene rings is 1. The number of rotatable bonds is 2. The van der Waals surface area contributed by atoms with Crippen LogP contribution in [0, 0.1) is 0 Å². The lowest BCUT2D eigenvalue weighted by Crippen LogP contribution is -2.41. The van der Waals surface area contributed by atoms with Crippen molar-refractivity contribution in [1.82, 2.24) is 4.90 Å². The van der Waals surface area contributed by atoms with Gasteiger partial charge in [0.2, 0.25) is 0 Å². The third-order valence-electron chi connectivity index (χ3n) is 2.36. The van der Waals surface area contributed by atoms with Crippen LogP contribution in [0.25, 0.3) is 0 Å². The Morgan fingerprint density at radius 2 is 2.27 bits per heavy atom. The number of hydrogen-bond acceptors (Lipinski definition) is 4. The van der Waals surface area contributed by atoms with E-state index in [0.717, 1.165) is 23.2 Å². The molecule has 1 aliphatic heterocycles. The van der Waals surface area contributed by atoms with Crippen LogP contribution in [0.1, 0.15) is 5.56 Å². The highest BCUT2D eigenvalue weighted by atomic mass is 79.9. The molecule has 0 fully saturated rings. The minimum Gasteiger partial charge on any atom is -0.369 e. The topological polar surface area (TPSA) is 67.6 Å². The summed E-state index contributed by atoms with van der Waals surface area (Å²) in [6, 6.07) is 6.00. The average Bonchev–Trinajstić information content (AvgIpc) is 2.20. The van der Waals surface area contributed by atoms with E-state index in [1.807, 2.05) is 17.0 Å². The number of guanidine groups is 1. The van der Waals surface area contributed by atoms with Crippen LogP contribution in [0.5, 0.6) is 0 Å². The molecule has 0 bridgehead atoms. The van der Waals surface area contributed by atoms with Gasteiger partial charge in [0.1, 0.15) is 0 Å². The third-order valence-corrected chi connectivity index (χ3v) is 2.85. The number of nitrogens with zero attached hydrogens (tertiary/aromatic N) is 2. The Hall–Kier alpha value is -1.07. The van der Waals surface area contributed by atoms with E-state index in [4.69, 9.17) is 11.5 Å². The Kier molecular flexibility index (Phi) is 2.93. The van der Waals surface area contributed by atoms with Crippen molar-refractivity contribution in [3.05, 3.63) is 28.2 Å². The highest BCUT2D eigenvalue weighted by Crippen LogP contribution is 2.27. The molecule has 4 nitrogen and oxygen atoms in total. The second-order valence-corrected chi connectivity index (χ2v) is 4.37. The first-order chi connectivity index (χ1) is 7.20. The zero-order valence-electron chi connectivity index (χ0n) is 8.28. The van der Waals surface area contributed by atoms with Gasteiger partial charge in [-0.25, -0.2) is 4.99 Å². The smallest absolute Gasteiger partial charge is 0.196 e. The van der Waals surface area contributed by atoms with Crippen molar-refractivity contribution in [3.8, 4) is 0 Å². The molecule has 0 atom stereocenters. The van der Waals surface area contributed by atoms with Crippen LogP contribution in [0.2, 0.25) is 0 Å². The minimum absolute atomic E-state index is 0.551. The molecule has 1 aliphatic rings. The van der Waals surface area contributed by atoms with Crippen molar-refractivity contribution in [3.63, 3.8) is 0 Å². The molecule has 0 amide bonds. The number of aliphatic imine (C=N–C) groups is 1. The summed E-state index contributed by atoms with van der Waals surface area (Å²) in [4.78, 5) is 6.31. The summed E-state index contributed by atoms with van der Waals surface area (Å²) in [5.74, 6) is 0.551. The molecule has 1 heterocycles. The second kappa shape index (κ2) is 4.20. The second-order valence-electron chi connectivity index (χ2n) is 3.45. The van der Waals surface area contributed by atoms with Crippen LogP contribution < -0.4 is 11.5 Å². The van der Waals surface area contributed by atoms with E-state index in [1.165, 1.54) is 5.56 Å². The van der Waals surface area contributed by atoms with Crippen molar-refractivity contribution in [2.24, 2.45) is 16.5 Å². The van der Waals surface area contributed by atoms with Gasteiger partial charge in [-0.05, 0) is 23.8 Å². The van der Waals surface area contributed by atoms with Gasteiger partial charge >= 0.3 is 0 Å². The Morgan fingerprint density at radius 1 is 1.47 bits per heavy atom. The molecule has 0 unspecified atom stereocenters. The van der Waals surface area contributed by atoms with E-state index >= 15 is 0 Å². The fourth-order valence-electron chi connectivity index (χ4n) is 1.62. The maximum absolute atomic E-state index is 5.83. The molecule has 0 saturated heterocycles. The van der Waals surface area contributed by atoms with Crippen molar-refractivity contribution >= 4 is 27.6 Å². The molecule has 1 aromatic carbocycles. The van der Waals surface area contributed by atoms with E-state index in [9.17, 15) is 0 Å². The first kappa shape index (κ1) is 10.4. The number of nitrogens with two attached hydrogens (primary N) is 2. The van der Waals surface area contributed by atoms with Gasteiger partial charge in [0.25, 0.3) is 0 Å². The summed E-state index contributed by atoms with van der Waals surface area (Å²) in [5.41, 5.74) is 13.5. The Morgan fingerprint density at radius 3 is 3.00 bits per heavy atom. The fraction of sp³-hybridized carbons (Fsp3) is 0.300. The number of fused-ring (bicyclic) bond motifs is 1. The number of hydrogen-bond donors (Lipinski definition) is 2. The maximum Gasteiger partial charge on any atom is 0.196 e. The summed E-state index contributed by atoms with van der Waals surface area (Å²) in [6.07, 6.45) is 0. The monoisotopic (exact) mass is 268 g/mol. The zero-order chi connectivity index (χ0) is 10.8. The van der Waals surface area contributed by atoms with Crippen LogP contribution >= 0.6 is 15.9 Å². The summed E-state index contributed by atoms with van der Waals surface area (Å²) < 4.78 is 1.06. The maximum atomic E-state index is 5.83. The van der Waals surface area contributed by atoms with Crippen LogP contribution in [0.15, 0.2) is 27.7 Å². The highest BCUT2D eigenvalue weighted by molar-refractivity contribution is 9.10. The van der Waals surface area contributed by atoms with Gasteiger partial charge < -0.3 is 16.4 Å². The Labute approximate surface area is 97.1 Å². The summed E-state index contributed by atoms with van der Waals surface area (Å²) >= 11 is 3.44. The van der Waals surface area contributed by atoms with E-state index in [2.05, 4.69) is 27.0 Å². The Bertz CT molecular complexity index is 402. The molecule has 4 N–H and O–H groups in total. The lowest BCUT2D eigenvalue weighted by Gasteiger charge is -2.27. The third kappa shape index (κ3) is 2.13. The van der Waals surface area contributed by atoms with Gasteiger partial charge in [0, 0.05) is 24.1 Å². The van der Waals surface area contributed by atoms with Crippen molar-refractivity contribution in [1.29, 1.82) is 0 Å². The highest BCUT2D eigenvalue weighted by Gasteiger charge is 2.16. The molecule has 5 heteroatoms. The molecular formula is C10H13BrN4. The standard InChI is InChI=1S/C10H13BrN4/c11-8-1-2-9-7(5-8)6-15(4-3-12)10(13)14-9/h1-2,5H,3-4,6,12H2,(H2,13,14). The van der Waals surface area contributed by atoms with Crippen molar-refractivity contribution < 1.29 is 0 Å². The summed E-state index contributed by atoms with van der Waals surface area (Å²) in [7, 11) is 0. The van der Waals surface area contributed by atoms with E-state index in [-0.39, 0.29) is 0 Å². The van der Waals surface area contributed by atoms with Gasteiger partial charge in [-0.2, -0.15) is 0 Å². The predicted octanol–water partition coefficient (Wildman–Crippen LogP) is 1.17. The largest absolute Gasteiger partial charge is 0.369 e. The molecule has 80 valence electrons. The first-order valence-electron chi connectivity index (χ1n) is 4.78. The van der Waals surface area contributed by atoms with Crippen LogP contribution in [-0.2, 0) is 6.54 Å². The van der Waals surface area contributed by atoms with Gasteiger partial charge in [0.15, 0.2) is 5.96 Å². The van der Waals surface area contributed by atoms with Gasteiger partial charge in [0.05, 0.1) is 5.69 Å². The molecule has 0 aliphatic carbocycles. The molecule has 15 heavy (non-hydrogen) atoms. The quantitative estimate of drug-likeness (QED) is 0.846. The molecule has 0 spiro atoms. The fourth-order valence-corrected chi connectivity index (χ4v) is 2.03. The first-order valence-corrected chi connectivity index (χ1v) is 5.57. The molecule has 2 rings (SSSR count). The van der Waals surface area contributed by atoms with Crippen LogP contribution in [0.3, 0.4) is 0 Å². The molecule has 1 aromatic rings. The molecule has 0 radical (unpaired) electrons. The molecule has 0 saturated carbocycles. The lowest BCUT2D eigenvalue weighted by atomic mass is 10.1. The van der Waals surface area contributed by atoms with E-state index in [0.29, 0.717) is 12.5 Å². The van der Waals surface area contributed by atoms with Crippen molar-refractivity contribution in [2.45, 2.75) is 6.54 Å². The minimum atomic E-state index is 0.551. The molecule has 0 aromatic heterocycles. The van der Waals surface area contributed by atoms with Gasteiger partial charge in [-0.15, -0.1) is 0 Å². The van der Waals surface area contributed by atoms with Gasteiger partial charge in [-0.3, -0.25) is 0 Å². The lowest BCUT2D eigenvalue weighted by molar-refractivity contribution is 0.412. The van der Waals surface area contributed by atoms with E-state index < -0.39 is 0 Å². The van der Waals surface area contributed by atoms with Gasteiger partial charge in [-0.1, -0.05) is 15.9 Å². The average molecular weight is 269 g/mol. The summed E-state index contributed by atoms with van der Waals surface area (Å²) in [6.45, 7) is 2.10. The predicted molar refractivity (Wildman–Crippen MR) is 64.9 cm³/mol. The zero-order valence-corrected chi connectivity index (χ0v) is 9.87. The summed E-state index contributed by atoms with van der Waals surface area (Å²) in [5, 5.41) is 0. The van der Waals surface area contributed by atoms with Crippen LogP contribution in [-0.4, -0.2) is 23.9 Å². The Balaban J connectivity index is 2.32. The normalized spacial score (nSPS) is 14.8. The van der Waals surface area contributed by atoms with Crippen LogP contribution in [0.4, 0.5) is 5.69 Å².